The Labute approximate surface area is 88.6 Å². The number of esters is 1. The molecule has 76 valence electrons. The van der Waals surface area contributed by atoms with E-state index in [-0.39, 0.29) is 5.97 Å². The van der Waals surface area contributed by atoms with Gasteiger partial charge in [0.25, 0.3) is 0 Å². The molecule has 0 N–H and O–H groups in total. The number of nitriles is 1. The Bertz CT molecular complexity index is 401. The molecule has 1 aromatic rings. The molecule has 15 heavy (non-hydrogen) atoms. The largest absolute Gasteiger partial charge is 0.453 e. The Hall–Kier alpha value is -2.08. The number of carbonyl (C=O) groups is 1. The van der Waals surface area contributed by atoms with Gasteiger partial charge in [0.05, 0.1) is 11.6 Å². The molecule has 0 fully saturated rings. The van der Waals surface area contributed by atoms with E-state index in [0.29, 0.717) is 5.56 Å². The zero-order chi connectivity index (χ0) is 11.3. The lowest BCUT2D eigenvalue weighted by Gasteiger charge is -2.12. The van der Waals surface area contributed by atoms with E-state index in [1.165, 1.54) is 6.92 Å². The van der Waals surface area contributed by atoms with Crippen molar-refractivity contribution < 1.29 is 9.53 Å². The lowest BCUT2D eigenvalue weighted by atomic mass is 10.1. The third-order valence-electron chi connectivity index (χ3n) is 1.88. The summed E-state index contributed by atoms with van der Waals surface area (Å²) in [4.78, 5) is 10.8. The van der Waals surface area contributed by atoms with Crippen LogP contribution in [0.3, 0.4) is 0 Å². The summed E-state index contributed by atoms with van der Waals surface area (Å²) in [5.74, 6) is -0.357. The van der Waals surface area contributed by atoms with Gasteiger partial charge in [-0.15, -0.1) is 0 Å². The van der Waals surface area contributed by atoms with Crippen LogP contribution in [0.1, 0.15) is 24.2 Å². The molecule has 0 aliphatic rings. The summed E-state index contributed by atoms with van der Waals surface area (Å²) < 4.78 is 5.02. The van der Waals surface area contributed by atoms with E-state index in [4.69, 9.17) is 10.00 Å². The number of hydrogen-bond acceptors (Lipinski definition) is 3. The molecule has 0 spiro atoms. The van der Waals surface area contributed by atoms with Crippen LogP contribution in [0.15, 0.2) is 36.9 Å². The van der Waals surface area contributed by atoms with E-state index in [0.717, 1.165) is 5.56 Å². The molecule has 0 heterocycles. The van der Waals surface area contributed by atoms with Crippen molar-refractivity contribution in [3.63, 3.8) is 0 Å². The predicted molar refractivity (Wildman–Crippen MR) is 55.9 cm³/mol. The number of ether oxygens (including phenoxy) is 1. The van der Waals surface area contributed by atoms with Crippen LogP contribution in [0.5, 0.6) is 0 Å². The van der Waals surface area contributed by atoms with E-state index >= 15 is 0 Å². The first kappa shape index (κ1) is 11.0. The van der Waals surface area contributed by atoms with E-state index in [1.807, 2.05) is 6.07 Å². The van der Waals surface area contributed by atoms with Crippen molar-refractivity contribution in [1.82, 2.24) is 0 Å². The molecular weight excluding hydrogens is 190 g/mol. The molecule has 1 aromatic carbocycles. The van der Waals surface area contributed by atoms with E-state index in [1.54, 1.807) is 30.3 Å². The smallest absolute Gasteiger partial charge is 0.303 e. The van der Waals surface area contributed by atoms with Gasteiger partial charge in [-0.2, -0.15) is 5.26 Å². The summed E-state index contributed by atoms with van der Waals surface area (Å²) in [7, 11) is 0. The van der Waals surface area contributed by atoms with Gasteiger partial charge in [-0.3, -0.25) is 4.79 Å². The van der Waals surface area contributed by atoms with E-state index < -0.39 is 6.10 Å². The zero-order valence-corrected chi connectivity index (χ0v) is 8.43. The highest BCUT2D eigenvalue weighted by Crippen LogP contribution is 2.18. The monoisotopic (exact) mass is 201 g/mol. The molecule has 0 bridgehead atoms. The van der Waals surface area contributed by atoms with Crippen LogP contribution in [0.2, 0.25) is 0 Å². The van der Waals surface area contributed by atoms with Gasteiger partial charge < -0.3 is 4.74 Å². The lowest BCUT2D eigenvalue weighted by molar-refractivity contribution is -0.144. The summed E-state index contributed by atoms with van der Waals surface area (Å²) in [6, 6.07) is 8.86. The molecular formula is C12H11NO2. The molecule has 0 saturated carbocycles. The number of benzene rings is 1. The minimum Gasteiger partial charge on any atom is -0.453 e. The molecule has 0 saturated heterocycles. The van der Waals surface area contributed by atoms with Crippen LogP contribution in [0.4, 0.5) is 0 Å². The van der Waals surface area contributed by atoms with Crippen molar-refractivity contribution in [2.24, 2.45) is 0 Å². The first-order valence-electron chi connectivity index (χ1n) is 4.47. The van der Waals surface area contributed by atoms with Crippen LogP contribution in [0, 0.1) is 11.3 Å². The van der Waals surface area contributed by atoms with Gasteiger partial charge in [0.15, 0.2) is 0 Å². The summed E-state index contributed by atoms with van der Waals surface area (Å²) in [6.07, 6.45) is 1.10. The van der Waals surface area contributed by atoms with Crippen molar-refractivity contribution in [2.45, 2.75) is 13.0 Å². The minimum atomic E-state index is -0.449. The molecule has 0 aliphatic carbocycles. The molecule has 3 heteroatoms. The summed E-state index contributed by atoms with van der Waals surface area (Å²) in [5, 5.41) is 8.61. The van der Waals surface area contributed by atoms with Crippen LogP contribution >= 0.6 is 0 Å². The Balaban J connectivity index is 2.88. The molecule has 1 atom stereocenters. The van der Waals surface area contributed by atoms with Crippen LogP contribution in [-0.4, -0.2) is 5.97 Å². The van der Waals surface area contributed by atoms with Crippen molar-refractivity contribution in [1.29, 1.82) is 5.26 Å². The molecule has 0 radical (unpaired) electrons. The fourth-order valence-electron chi connectivity index (χ4n) is 1.18. The molecule has 0 aliphatic heterocycles. The van der Waals surface area contributed by atoms with Crippen LogP contribution < -0.4 is 0 Å². The average Bonchev–Trinajstić information content (AvgIpc) is 2.26. The SMILES string of the molecule is C=C[C@H](OC(C)=O)c1ccc(C#N)cc1. The van der Waals surface area contributed by atoms with E-state index in [9.17, 15) is 4.79 Å². The predicted octanol–water partition coefficient (Wildman–Crippen LogP) is 2.35. The highest BCUT2D eigenvalue weighted by atomic mass is 16.5. The molecule has 3 nitrogen and oxygen atoms in total. The Morgan fingerprint density at radius 1 is 1.53 bits per heavy atom. The second kappa shape index (κ2) is 4.97. The van der Waals surface area contributed by atoms with Gasteiger partial charge in [0.1, 0.15) is 6.10 Å². The first-order valence-corrected chi connectivity index (χ1v) is 4.47. The number of carbonyl (C=O) groups excluding carboxylic acids is 1. The van der Waals surface area contributed by atoms with Gasteiger partial charge in [0, 0.05) is 6.92 Å². The van der Waals surface area contributed by atoms with Gasteiger partial charge in [-0.1, -0.05) is 18.7 Å². The number of rotatable bonds is 3. The van der Waals surface area contributed by atoms with Crippen LogP contribution in [0.25, 0.3) is 0 Å². The van der Waals surface area contributed by atoms with Gasteiger partial charge in [-0.25, -0.2) is 0 Å². The molecule has 0 unspecified atom stereocenters. The quantitative estimate of drug-likeness (QED) is 0.557. The normalized spacial score (nSPS) is 11.2. The third kappa shape index (κ3) is 2.96. The van der Waals surface area contributed by atoms with E-state index in [2.05, 4.69) is 6.58 Å². The standard InChI is InChI=1S/C12H11NO2/c1-3-12(15-9(2)14)11-6-4-10(8-13)5-7-11/h3-7,12H,1H2,2H3/t12-/m0/s1. The summed E-state index contributed by atoms with van der Waals surface area (Å²) >= 11 is 0. The lowest BCUT2D eigenvalue weighted by Crippen LogP contribution is -2.05. The maximum atomic E-state index is 10.8. The maximum Gasteiger partial charge on any atom is 0.303 e. The molecule has 0 amide bonds. The highest BCUT2D eigenvalue weighted by molar-refractivity contribution is 5.66. The summed E-state index contributed by atoms with van der Waals surface area (Å²) in [5.41, 5.74) is 1.38. The van der Waals surface area contributed by atoms with Crippen molar-refractivity contribution in [2.75, 3.05) is 0 Å². The van der Waals surface area contributed by atoms with Crippen molar-refractivity contribution in [3.05, 3.63) is 48.0 Å². The Kier molecular flexibility index (Phi) is 3.64. The Morgan fingerprint density at radius 3 is 2.53 bits per heavy atom. The molecule has 0 aromatic heterocycles. The molecule has 1 rings (SSSR count). The Morgan fingerprint density at radius 2 is 2.13 bits per heavy atom. The fourth-order valence-corrected chi connectivity index (χ4v) is 1.18. The zero-order valence-electron chi connectivity index (χ0n) is 8.43. The second-order valence-electron chi connectivity index (χ2n) is 3.00. The second-order valence-corrected chi connectivity index (χ2v) is 3.00. The highest BCUT2D eigenvalue weighted by Gasteiger charge is 2.09. The minimum absolute atomic E-state index is 0.357. The topological polar surface area (TPSA) is 50.1 Å². The van der Waals surface area contributed by atoms with Gasteiger partial charge in [-0.05, 0) is 23.8 Å². The number of hydrogen-bond donors (Lipinski definition) is 0. The average molecular weight is 201 g/mol. The summed E-state index contributed by atoms with van der Waals surface area (Å²) in [6.45, 7) is 4.94. The van der Waals surface area contributed by atoms with Gasteiger partial charge >= 0.3 is 5.97 Å². The van der Waals surface area contributed by atoms with Gasteiger partial charge in [0.2, 0.25) is 0 Å². The van der Waals surface area contributed by atoms with Crippen LogP contribution in [-0.2, 0) is 9.53 Å². The number of nitrogens with zero attached hydrogens (tertiary/aromatic N) is 1. The van der Waals surface area contributed by atoms with Crippen molar-refractivity contribution in [3.8, 4) is 6.07 Å². The van der Waals surface area contributed by atoms with Crippen molar-refractivity contribution >= 4 is 5.97 Å². The maximum absolute atomic E-state index is 10.8. The third-order valence-corrected chi connectivity index (χ3v) is 1.88. The fraction of sp³-hybridized carbons (Fsp3) is 0.167. The first-order chi connectivity index (χ1) is 7.17.